The largest absolute Gasteiger partial charge is 1.00 e. The van der Waals surface area contributed by atoms with E-state index in [0.29, 0.717) is 0 Å². The molecule has 4 heteroatoms. The van der Waals surface area contributed by atoms with Gasteiger partial charge in [0.2, 0.25) is 0 Å². The zero-order valence-electron chi connectivity index (χ0n) is 34.2. The van der Waals surface area contributed by atoms with Gasteiger partial charge in [-0.15, -0.1) is 68.6 Å². The van der Waals surface area contributed by atoms with Crippen LogP contribution in [0.15, 0.2) is 194 Å². The van der Waals surface area contributed by atoms with E-state index >= 15 is 0 Å². The van der Waals surface area contributed by atoms with Crippen LogP contribution in [0, 0.1) is 13.8 Å². The van der Waals surface area contributed by atoms with E-state index in [-0.39, 0.29) is 30.2 Å². The quantitative estimate of drug-likeness (QED) is 0.0942. The summed E-state index contributed by atoms with van der Waals surface area (Å²) in [6.07, 6.45) is 0. The van der Waals surface area contributed by atoms with Gasteiger partial charge in [-0.05, 0) is 54.2 Å². The molecule has 0 atom stereocenters. The normalized spacial score (nSPS) is 10.8. The first kappa shape index (κ1) is 43.0. The summed E-state index contributed by atoms with van der Waals surface area (Å²) in [5, 5.41) is 15.7. The second-order valence-electron chi connectivity index (χ2n) is 15.6. The molecule has 0 aliphatic carbocycles. The molecule has 11 rings (SSSR count). The summed E-state index contributed by atoms with van der Waals surface area (Å²) in [5.41, 5.74) is 10.7. The number of aryl methyl sites for hydroxylation is 2. The fourth-order valence-corrected chi connectivity index (χ4v) is 8.66. The van der Waals surface area contributed by atoms with E-state index in [1.54, 1.807) is 23.3 Å². The first-order valence-corrected chi connectivity index (χ1v) is 26.3. The van der Waals surface area contributed by atoms with Gasteiger partial charge >= 0.3 is 41.9 Å². The second kappa shape index (κ2) is 18.7. The summed E-state index contributed by atoms with van der Waals surface area (Å²) in [7, 11) is 0. The number of fused-ring (bicyclic) bond motifs is 7. The van der Waals surface area contributed by atoms with Crippen molar-refractivity contribution in [2.24, 2.45) is 0 Å². The summed E-state index contributed by atoms with van der Waals surface area (Å²) >= 11 is 1.74. The molecule has 292 valence electrons. The molecule has 0 radical (unpaired) electrons. The maximum atomic E-state index is 2.37. The second-order valence-corrected chi connectivity index (χ2v) is 25.0. The van der Waals surface area contributed by atoms with Gasteiger partial charge in [0.25, 0.3) is 0 Å². The Morgan fingerprint density at radius 1 is 0.383 bits per heavy atom. The third-order valence-electron chi connectivity index (χ3n) is 11.3. The summed E-state index contributed by atoms with van der Waals surface area (Å²) in [6, 6.07) is 70.7. The van der Waals surface area contributed by atoms with Crippen LogP contribution >= 0.6 is 0 Å². The Labute approximate surface area is 380 Å². The molecule has 0 N–H and O–H groups in total. The predicted octanol–water partition coefficient (Wildman–Crippen LogP) is 10.1. The fourth-order valence-electron chi connectivity index (χ4n) is 8.66. The molecular formula is C56H44Cl2SiZr-2. The van der Waals surface area contributed by atoms with E-state index in [0.717, 1.165) is 0 Å². The van der Waals surface area contributed by atoms with Crippen molar-refractivity contribution in [2.75, 3.05) is 0 Å². The van der Waals surface area contributed by atoms with E-state index in [1.165, 1.54) is 109 Å². The average molecular weight is 907 g/mol. The number of rotatable bonds is 3. The van der Waals surface area contributed by atoms with Gasteiger partial charge < -0.3 is 24.8 Å². The van der Waals surface area contributed by atoms with Crippen molar-refractivity contribution in [2.45, 2.75) is 26.9 Å². The molecule has 0 aliphatic heterocycles. The Balaban J connectivity index is 0.000000174. The molecule has 0 aromatic heterocycles. The van der Waals surface area contributed by atoms with Crippen molar-refractivity contribution >= 4 is 70.1 Å². The zero-order valence-corrected chi connectivity index (χ0v) is 39.2. The van der Waals surface area contributed by atoms with Gasteiger partial charge in [-0.3, -0.25) is 0 Å². The van der Waals surface area contributed by atoms with Gasteiger partial charge in [-0.1, -0.05) is 188 Å². The van der Waals surface area contributed by atoms with Crippen molar-refractivity contribution in [3.63, 3.8) is 0 Å². The molecule has 0 saturated carbocycles. The van der Waals surface area contributed by atoms with Crippen LogP contribution in [-0.2, 0) is 23.3 Å². The van der Waals surface area contributed by atoms with Crippen LogP contribution < -0.4 is 24.8 Å². The molecule has 0 spiro atoms. The number of hydrogen-bond donors (Lipinski definition) is 0. The van der Waals surface area contributed by atoms with E-state index in [4.69, 9.17) is 0 Å². The van der Waals surface area contributed by atoms with Gasteiger partial charge in [-0.2, -0.15) is 6.07 Å². The molecule has 0 heterocycles. The Hall–Kier alpha value is -5.08. The van der Waals surface area contributed by atoms with Gasteiger partial charge in [0.05, 0.1) is 0 Å². The Morgan fingerprint density at radius 3 is 1.48 bits per heavy atom. The maximum Gasteiger partial charge on any atom is -0.0112 e. The molecule has 11 aromatic rings. The van der Waals surface area contributed by atoms with Crippen LogP contribution in [0.2, 0.25) is 13.1 Å². The first-order valence-electron chi connectivity index (χ1n) is 20.1. The minimum atomic E-state index is 0. The van der Waals surface area contributed by atoms with Crippen LogP contribution in [0.4, 0.5) is 0 Å². The summed E-state index contributed by atoms with van der Waals surface area (Å²) in [5.74, 6) is 0. The van der Waals surface area contributed by atoms with Crippen molar-refractivity contribution < 1.29 is 48.1 Å². The SMILES string of the molecule is C[Si](C)=[Zr+2].Cc1cc2c(-c3cccc4ccccc34)ccc(C)c2[cH-]1.[Cl-].[Cl-].c1ccc2c(-c3cccc4[cH-]c(-c5cccc6c5ccc5ccccc56)cc34)cccc2c1. The molecule has 0 bridgehead atoms. The molecule has 0 amide bonds. The minimum absolute atomic E-state index is 0. The van der Waals surface area contributed by atoms with E-state index in [9.17, 15) is 0 Å². The predicted molar refractivity (Wildman–Crippen MR) is 252 cm³/mol. The summed E-state index contributed by atoms with van der Waals surface area (Å²) < 4.78 is 0. The van der Waals surface area contributed by atoms with Crippen LogP contribution in [0.25, 0.3) is 98.0 Å². The van der Waals surface area contributed by atoms with Gasteiger partial charge in [0.15, 0.2) is 0 Å². The number of halogens is 2. The van der Waals surface area contributed by atoms with Gasteiger partial charge in [-0.25, -0.2) is 0 Å². The maximum absolute atomic E-state index is 2.37. The molecule has 0 unspecified atom stereocenters. The first-order chi connectivity index (χ1) is 28.3. The fraction of sp³-hybridized carbons (Fsp3) is 0.0714. The van der Waals surface area contributed by atoms with Crippen LogP contribution in [0.3, 0.4) is 0 Å². The van der Waals surface area contributed by atoms with Crippen LogP contribution in [0.1, 0.15) is 11.1 Å². The van der Waals surface area contributed by atoms with Crippen LogP contribution in [0.5, 0.6) is 0 Å². The zero-order chi connectivity index (χ0) is 39.8. The molecule has 0 aliphatic rings. The van der Waals surface area contributed by atoms with Crippen molar-refractivity contribution in [1.82, 2.24) is 0 Å². The van der Waals surface area contributed by atoms with E-state index < -0.39 is 0 Å². The van der Waals surface area contributed by atoms with Gasteiger partial charge in [0, 0.05) is 0 Å². The van der Waals surface area contributed by atoms with Crippen molar-refractivity contribution in [3.05, 3.63) is 205 Å². The third kappa shape index (κ3) is 8.45. The van der Waals surface area contributed by atoms with Crippen LogP contribution in [-0.4, -0.2) is 5.43 Å². The molecule has 11 aromatic carbocycles. The minimum Gasteiger partial charge on any atom is -1.00 e. The molecule has 60 heavy (non-hydrogen) atoms. The topological polar surface area (TPSA) is 0 Å². The summed E-state index contributed by atoms with van der Waals surface area (Å²) in [4.78, 5) is 0. The average Bonchev–Trinajstić information content (AvgIpc) is 3.88. The molecule has 0 fully saturated rings. The molecule has 0 nitrogen and oxygen atoms in total. The molecule has 0 saturated heterocycles. The number of hydrogen-bond acceptors (Lipinski definition) is 0. The third-order valence-corrected chi connectivity index (χ3v) is 11.3. The van der Waals surface area contributed by atoms with Crippen molar-refractivity contribution in [1.29, 1.82) is 0 Å². The Bertz CT molecular complexity index is 3300. The van der Waals surface area contributed by atoms with E-state index in [1.807, 2.05) is 0 Å². The number of benzene rings is 9. The van der Waals surface area contributed by atoms with E-state index in [2.05, 4.69) is 221 Å². The Kier molecular flexibility index (Phi) is 13.4. The standard InChI is InChI=1S/C33H21.C21H17.C2H6Si.2ClH.Zr/c1-3-12-26-22(8-1)10-5-15-29(26)31-16-6-11-24-20-25(21-33(24)31)28-14-7-17-30-27-13-4-2-9-23(27)18-19-32(28)30;1-14-12-20-15(2)10-11-19(21(20)13-14)18-9-5-7-16-6-3-4-8-17(16)18;1-3-2;;;/h1-21H;3-13H,1-2H3;1-2H3;2*1H;/q2*-1;;;;+2/p-2. The van der Waals surface area contributed by atoms with Gasteiger partial charge in [0.1, 0.15) is 0 Å². The smallest absolute Gasteiger partial charge is 0.0112 e. The summed E-state index contributed by atoms with van der Waals surface area (Å²) in [6.45, 7) is 8.98. The Morgan fingerprint density at radius 2 is 0.850 bits per heavy atom. The molecular weight excluding hydrogens is 863 g/mol. The monoisotopic (exact) mass is 904 g/mol. The van der Waals surface area contributed by atoms with Crippen molar-refractivity contribution in [3.8, 4) is 33.4 Å².